The lowest BCUT2D eigenvalue weighted by Crippen LogP contribution is -2.25. The number of rotatable bonds is 2. The van der Waals surface area contributed by atoms with Gasteiger partial charge in [-0.3, -0.25) is 0 Å². The highest BCUT2D eigenvalue weighted by atomic mass is 35.5. The maximum absolute atomic E-state index is 13.6. The summed E-state index contributed by atoms with van der Waals surface area (Å²) in [5.74, 6) is -0.480. The van der Waals surface area contributed by atoms with E-state index in [1.54, 1.807) is 26.8 Å². The van der Waals surface area contributed by atoms with Crippen LogP contribution in [-0.4, -0.2) is 11.1 Å². The smallest absolute Gasteiger partial charge is 0.145 e. The zero-order valence-electron chi connectivity index (χ0n) is 9.01. The molecule has 0 saturated heterocycles. The van der Waals surface area contributed by atoms with E-state index < -0.39 is 18.0 Å². The molecular formula is C11H15ClFNO. The third-order valence-corrected chi connectivity index (χ3v) is 2.95. The topological polar surface area (TPSA) is 46.2 Å². The van der Waals surface area contributed by atoms with Crippen LogP contribution in [0.25, 0.3) is 0 Å². The molecule has 0 radical (unpaired) electrons. The normalized spacial score (nSPS) is 15.1. The van der Waals surface area contributed by atoms with Crippen molar-refractivity contribution in [1.82, 2.24) is 0 Å². The van der Waals surface area contributed by atoms with E-state index in [1.165, 1.54) is 0 Å². The van der Waals surface area contributed by atoms with Crippen molar-refractivity contribution < 1.29 is 9.50 Å². The number of aryl methyl sites for hydroxylation is 1. The van der Waals surface area contributed by atoms with Gasteiger partial charge in [0.05, 0.1) is 11.1 Å². The van der Waals surface area contributed by atoms with Crippen molar-refractivity contribution in [3.05, 3.63) is 33.6 Å². The maximum atomic E-state index is 13.6. The Morgan fingerprint density at radius 1 is 1.47 bits per heavy atom. The molecule has 0 aliphatic rings. The van der Waals surface area contributed by atoms with Gasteiger partial charge in [-0.25, -0.2) is 4.39 Å². The van der Waals surface area contributed by atoms with Crippen LogP contribution in [0.4, 0.5) is 4.39 Å². The summed E-state index contributed by atoms with van der Waals surface area (Å²) >= 11 is 5.75. The van der Waals surface area contributed by atoms with Gasteiger partial charge in [0.25, 0.3) is 0 Å². The molecule has 2 unspecified atom stereocenters. The Kier molecular flexibility index (Phi) is 3.71. The first-order chi connectivity index (χ1) is 6.86. The molecule has 4 heteroatoms. The molecule has 2 atom stereocenters. The lowest BCUT2D eigenvalue weighted by atomic mass is 9.96. The number of halogens is 2. The van der Waals surface area contributed by atoms with Gasteiger partial charge in [-0.1, -0.05) is 17.7 Å². The van der Waals surface area contributed by atoms with Gasteiger partial charge in [0.15, 0.2) is 0 Å². The molecular weight excluding hydrogens is 217 g/mol. The van der Waals surface area contributed by atoms with Crippen LogP contribution in [0, 0.1) is 19.7 Å². The molecule has 0 aliphatic carbocycles. The first-order valence-electron chi connectivity index (χ1n) is 4.75. The summed E-state index contributed by atoms with van der Waals surface area (Å²) < 4.78 is 13.6. The van der Waals surface area contributed by atoms with E-state index >= 15 is 0 Å². The second-order valence-corrected chi connectivity index (χ2v) is 4.22. The molecule has 1 rings (SSSR count). The molecule has 1 aromatic carbocycles. The van der Waals surface area contributed by atoms with Crippen LogP contribution in [0.3, 0.4) is 0 Å². The molecule has 0 aromatic heterocycles. The SMILES string of the molecule is Cc1cc(C(O)C(C)N)c(C)c(F)c1Cl. The zero-order valence-corrected chi connectivity index (χ0v) is 9.77. The average molecular weight is 232 g/mol. The molecule has 0 spiro atoms. The summed E-state index contributed by atoms with van der Waals surface area (Å²) in [7, 11) is 0. The Morgan fingerprint density at radius 2 is 2.00 bits per heavy atom. The van der Waals surface area contributed by atoms with Crippen LogP contribution >= 0.6 is 11.6 Å². The van der Waals surface area contributed by atoms with E-state index in [-0.39, 0.29) is 5.02 Å². The minimum absolute atomic E-state index is 0.105. The number of nitrogens with two attached hydrogens (primary N) is 1. The molecule has 0 saturated carbocycles. The summed E-state index contributed by atoms with van der Waals surface area (Å²) in [6, 6.07) is 1.23. The zero-order chi connectivity index (χ0) is 11.7. The fourth-order valence-electron chi connectivity index (χ4n) is 1.46. The second kappa shape index (κ2) is 4.47. The number of hydrogen-bond acceptors (Lipinski definition) is 2. The van der Waals surface area contributed by atoms with Gasteiger partial charge in [-0.05, 0) is 37.5 Å². The van der Waals surface area contributed by atoms with E-state index in [1.807, 2.05) is 0 Å². The molecule has 15 heavy (non-hydrogen) atoms. The Bertz CT molecular complexity index is 379. The molecule has 0 heterocycles. The van der Waals surface area contributed by atoms with E-state index in [2.05, 4.69) is 0 Å². The number of aliphatic hydroxyl groups is 1. The molecule has 1 aromatic rings. The van der Waals surface area contributed by atoms with Gasteiger partial charge in [0, 0.05) is 6.04 Å². The number of hydrogen-bond donors (Lipinski definition) is 2. The summed E-state index contributed by atoms with van der Waals surface area (Å²) in [5.41, 5.74) is 7.04. The van der Waals surface area contributed by atoms with E-state index in [9.17, 15) is 9.50 Å². The monoisotopic (exact) mass is 231 g/mol. The van der Waals surface area contributed by atoms with E-state index in [0.717, 1.165) is 0 Å². The van der Waals surface area contributed by atoms with Gasteiger partial charge in [-0.2, -0.15) is 0 Å². The predicted octanol–water partition coefficient (Wildman–Crippen LogP) is 2.48. The molecule has 2 nitrogen and oxygen atoms in total. The van der Waals surface area contributed by atoms with Gasteiger partial charge in [0.1, 0.15) is 5.82 Å². The van der Waals surface area contributed by atoms with Crippen LogP contribution in [0.1, 0.15) is 29.7 Å². The Labute approximate surface area is 93.9 Å². The summed E-state index contributed by atoms with van der Waals surface area (Å²) in [4.78, 5) is 0. The molecule has 0 fully saturated rings. The van der Waals surface area contributed by atoms with Crippen molar-refractivity contribution in [1.29, 1.82) is 0 Å². The lowest BCUT2D eigenvalue weighted by molar-refractivity contribution is 0.152. The highest BCUT2D eigenvalue weighted by molar-refractivity contribution is 6.31. The largest absolute Gasteiger partial charge is 0.387 e. The maximum Gasteiger partial charge on any atom is 0.145 e. The Hall–Kier alpha value is -0.640. The number of aliphatic hydroxyl groups excluding tert-OH is 1. The minimum Gasteiger partial charge on any atom is -0.387 e. The number of benzene rings is 1. The summed E-state index contributed by atoms with van der Waals surface area (Å²) in [6.07, 6.45) is -0.865. The third-order valence-electron chi connectivity index (χ3n) is 2.49. The van der Waals surface area contributed by atoms with Crippen LogP contribution in [0.5, 0.6) is 0 Å². The Balaban J connectivity index is 3.32. The fraction of sp³-hybridized carbons (Fsp3) is 0.455. The van der Waals surface area contributed by atoms with Crippen LogP contribution in [0.15, 0.2) is 6.07 Å². The average Bonchev–Trinajstić information content (AvgIpc) is 2.19. The second-order valence-electron chi connectivity index (χ2n) is 3.84. The van der Waals surface area contributed by atoms with Gasteiger partial charge in [-0.15, -0.1) is 0 Å². The third kappa shape index (κ3) is 2.30. The summed E-state index contributed by atoms with van der Waals surface area (Å²) in [5, 5.41) is 9.89. The fourth-order valence-corrected chi connectivity index (χ4v) is 1.66. The minimum atomic E-state index is -0.865. The highest BCUT2D eigenvalue weighted by Crippen LogP contribution is 2.29. The van der Waals surface area contributed by atoms with Crippen LogP contribution in [-0.2, 0) is 0 Å². The van der Waals surface area contributed by atoms with Crippen LogP contribution < -0.4 is 5.73 Å². The van der Waals surface area contributed by atoms with Gasteiger partial charge < -0.3 is 10.8 Å². The molecule has 0 aliphatic heterocycles. The van der Waals surface area contributed by atoms with Gasteiger partial charge >= 0.3 is 0 Å². The van der Waals surface area contributed by atoms with E-state index in [0.29, 0.717) is 16.7 Å². The van der Waals surface area contributed by atoms with Crippen molar-refractivity contribution in [2.75, 3.05) is 0 Å². The van der Waals surface area contributed by atoms with Crippen molar-refractivity contribution in [3.8, 4) is 0 Å². The van der Waals surface area contributed by atoms with Crippen molar-refractivity contribution in [3.63, 3.8) is 0 Å². The quantitative estimate of drug-likeness (QED) is 0.822. The van der Waals surface area contributed by atoms with E-state index in [4.69, 9.17) is 17.3 Å². The highest BCUT2D eigenvalue weighted by Gasteiger charge is 2.19. The van der Waals surface area contributed by atoms with Crippen molar-refractivity contribution in [2.45, 2.75) is 32.9 Å². The van der Waals surface area contributed by atoms with Crippen LogP contribution in [0.2, 0.25) is 5.02 Å². The Morgan fingerprint density at radius 3 is 2.47 bits per heavy atom. The van der Waals surface area contributed by atoms with Gasteiger partial charge in [0.2, 0.25) is 0 Å². The summed E-state index contributed by atoms with van der Waals surface area (Å²) in [6.45, 7) is 4.95. The standard InChI is InChI=1S/C11H15ClFNO/c1-5-4-8(11(15)7(3)14)6(2)10(13)9(5)12/h4,7,11,15H,14H2,1-3H3. The molecule has 84 valence electrons. The van der Waals surface area contributed by atoms with Crippen molar-refractivity contribution in [2.24, 2.45) is 5.73 Å². The van der Waals surface area contributed by atoms with Crippen molar-refractivity contribution >= 4 is 11.6 Å². The molecule has 3 N–H and O–H groups in total. The predicted molar refractivity (Wildman–Crippen MR) is 59.5 cm³/mol. The lowest BCUT2D eigenvalue weighted by Gasteiger charge is -2.19. The first-order valence-corrected chi connectivity index (χ1v) is 5.12. The first kappa shape index (κ1) is 12.4. The molecule has 0 amide bonds. The molecule has 0 bridgehead atoms.